The van der Waals surface area contributed by atoms with Crippen LogP contribution < -0.4 is 10.6 Å². The molecule has 5 heteroatoms. The molecule has 1 aromatic heterocycles. The Balaban J connectivity index is 1.83. The van der Waals surface area contributed by atoms with E-state index in [0.717, 1.165) is 11.1 Å². The van der Waals surface area contributed by atoms with Crippen LogP contribution in [-0.2, 0) is 12.0 Å². The molecule has 1 aromatic carbocycles. The third-order valence-corrected chi connectivity index (χ3v) is 3.74. The van der Waals surface area contributed by atoms with Crippen molar-refractivity contribution in [1.29, 1.82) is 0 Å². The Morgan fingerprint density at radius 1 is 1.18 bits per heavy atom. The van der Waals surface area contributed by atoms with Crippen molar-refractivity contribution in [2.45, 2.75) is 25.8 Å². The standard InChI is InChI=1S/C17H20ClN3O/c1-17(2,14-5-7-15(18)8-6-14)12-21-16(22)20-11-13-4-3-9-19-10-13/h3-10H,11-12H2,1-2H3,(H2,20,21,22). The first-order valence-corrected chi connectivity index (χ1v) is 7.52. The van der Waals surface area contributed by atoms with Gasteiger partial charge in [-0.15, -0.1) is 0 Å². The summed E-state index contributed by atoms with van der Waals surface area (Å²) in [5, 5.41) is 6.43. The second kappa shape index (κ2) is 7.27. The van der Waals surface area contributed by atoms with Crippen LogP contribution in [0, 0.1) is 0 Å². The fraction of sp³-hybridized carbons (Fsp3) is 0.294. The van der Waals surface area contributed by atoms with E-state index in [1.54, 1.807) is 12.4 Å². The molecule has 0 unspecified atom stereocenters. The van der Waals surface area contributed by atoms with Gasteiger partial charge in [0.05, 0.1) is 0 Å². The van der Waals surface area contributed by atoms with E-state index in [1.807, 2.05) is 36.4 Å². The Labute approximate surface area is 135 Å². The first kappa shape index (κ1) is 16.3. The molecule has 0 aliphatic rings. The normalized spacial score (nSPS) is 11.0. The second-order valence-electron chi connectivity index (χ2n) is 5.79. The highest BCUT2D eigenvalue weighted by atomic mass is 35.5. The predicted octanol–water partition coefficient (Wildman–Crippen LogP) is 3.51. The number of amides is 2. The maximum absolute atomic E-state index is 11.9. The Bertz CT molecular complexity index is 612. The van der Waals surface area contributed by atoms with Crippen molar-refractivity contribution in [3.8, 4) is 0 Å². The number of carbonyl (C=O) groups is 1. The lowest BCUT2D eigenvalue weighted by molar-refractivity contribution is 0.238. The van der Waals surface area contributed by atoms with E-state index < -0.39 is 0 Å². The monoisotopic (exact) mass is 317 g/mol. The summed E-state index contributed by atoms with van der Waals surface area (Å²) < 4.78 is 0. The SMILES string of the molecule is CC(C)(CNC(=O)NCc1cccnc1)c1ccc(Cl)cc1. The molecule has 4 nitrogen and oxygen atoms in total. The van der Waals surface area contributed by atoms with E-state index in [1.165, 1.54) is 0 Å². The highest BCUT2D eigenvalue weighted by Gasteiger charge is 2.21. The molecule has 1 heterocycles. The van der Waals surface area contributed by atoms with Gasteiger partial charge in [0.2, 0.25) is 0 Å². The van der Waals surface area contributed by atoms with Crippen molar-refractivity contribution in [3.63, 3.8) is 0 Å². The molecule has 2 aromatic rings. The van der Waals surface area contributed by atoms with Gasteiger partial charge in [-0.1, -0.05) is 43.6 Å². The Hall–Kier alpha value is -2.07. The van der Waals surface area contributed by atoms with Crippen molar-refractivity contribution in [2.75, 3.05) is 6.54 Å². The molecular formula is C17H20ClN3O. The van der Waals surface area contributed by atoms with Crippen LogP contribution in [0.25, 0.3) is 0 Å². The molecule has 0 aliphatic heterocycles. The van der Waals surface area contributed by atoms with Crippen LogP contribution >= 0.6 is 11.6 Å². The molecule has 0 fully saturated rings. The highest BCUT2D eigenvalue weighted by Crippen LogP contribution is 2.23. The molecule has 0 atom stereocenters. The molecule has 116 valence electrons. The molecule has 0 spiro atoms. The number of hydrogen-bond acceptors (Lipinski definition) is 2. The highest BCUT2D eigenvalue weighted by molar-refractivity contribution is 6.30. The summed E-state index contributed by atoms with van der Waals surface area (Å²) in [6, 6.07) is 11.3. The van der Waals surface area contributed by atoms with Crippen molar-refractivity contribution >= 4 is 17.6 Å². The predicted molar refractivity (Wildman–Crippen MR) is 89.0 cm³/mol. The molecular weight excluding hydrogens is 298 g/mol. The molecule has 0 aliphatic carbocycles. The topological polar surface area (TPSA) is 54.0 Å². The number of aromatic nitrogens is 1. The second-order valence-corrected chi connectivity index (χ2v) is 6.22. The summed E-state index contributed by atoms with van der Waals surface area (Å²) in [6.45, 7) is 5.16. The number of rotatable bonds is 5. The van der Waals surface area contributed by atoms with Crippen LogP contribution in [0.1, 0.15) is 25.0 Å². The van der Waals surface area contributed by atoms with Crippen molar-refractivity contribution in [2.24, 2.45) is 0 Å². The third-order valence-electron chi connectivity index (χ3n) is 3.49. The number of carbonyl (C=O) groups excluding carboxylic acids is 1. The minimum Gasteiger partial charge on any atom is -0.337 e. The zero-order valence-corrected chi connectivity index (χ0v) is 13.5. The summed E-state index contributed by atoms with van der Waals surface area (Å²) in [4.78, 5) is 15.9. The lowest BCUT2D eigenvalue weighted by atomic mass is 9.85. The van der Waals surface area contributed by atoms with Gasteiger partial charge in [-0.25, -0.2) is 4.79 Å². The maximum Gasteiger partial charge on any atom is 0.315 e. The van der Waals surface area contributed by atoms with Crippen LogP contribution in [0.2, 0.25) is 5.02 Å². The number of urea groups is 1. The van der Waals surface area contributed by atoms with Crippen LogP contribution in [0.15, 0.2) is 48.8 Å². The maximum atomic E-state index is 11.9. The molecule has 2 N–H and O–H groups in total. The molecule has 0 bridgehead atoms. The minimum absolute atomic E-state index is 0.170. The minimum atomic E-state index is -0.189. The fourth-order valence-electron chi connectivity index (χ4n) is 2.05. The lowest BCUT2D eigenvalue weighted by Crippen LogP contribution is -2.42. The van der Waals surface area contributed by atoms with Crippen molar-refractivity contribution in [1.82, 2.24) is 15.6 Å². The van der Waals surface area contributed by atoms with E-state index in [9.17, 15) is 4.79 Å². The number of nitrogens with one attached hydrogen (secondary N) is 2. The van der Waals surface area contributed by atoms with Gasteiger partial charge in [-0.05, 0) is 29.3 Å². The third kappa shape index (κ3) is 4.74. The summed E-state index contributed by atoms with van der Waals surface area (Å²) >= 11 is 5.90. The van der Waals surface area contributed by atoms with Gasteiger partial charge < -0.3 is 10.6 Å². The lowest BCUT2D eigenvalue weighted by Gasteiger charge is -2.25. The zero-order chi connectivity index (χ0) is 16.0. The van der Waals surface area contributed by atoms with Gasteiger partial charge in [-0.3, -0.25) is 4.98 Å². The van der Waals surface area contributed by atoms with Gasteiger partial charge in [0.1, 0.15) is 0 Å². The first-order valence-electron chi connectivity index (χ1n) is 7.14. The summed E-state index contributed by atoms with van der Waals surface area (Å²) in [5.74, 6) is 0. The largest absolute Gasteiger partial charge is 0.337 e. The fourth-order valence-corrected chi connectivity index (χ4v) is 2.18. The number of pyridine rings is 1. The van der Waals surface area contributed by atoms with Gasteiger partial charge in [0.15, 0.2) is 0 Å². The molecule has 0 saturated carbocycles. The van der Waals surface area contributed by atoms with E-state index in [2.05, 4.69) is 29.5 Å². The molecule has 0 radical (unpaired) electrons. The summed E-state index contributed by atoms with van der Waals surface area (Å²) in [5.41, 5.74) is 1.93. The van der Waals surface area contributed by atoms with E-state index in [-0.39, 0.29) is 11.4 Å². The number of nitrogens with zero attached hydrogens (tertiary/aromatic N) is 1. The van der Waals surface area contributed by atoms with Crippen molar-refractivity contribution < 1.29 is 4.79 Å². The van der Waals surface area contributed by atoms with E-state index in [4.69, 9.17) is 11.6 Å². The summed E-state index contributed by atoms with van der Waals surface area (Å²) in [6.07, 6.45) is 3.44. The Morgan fingerprint density at radius 2 is 1.91 bits per heavy atom. The van der Waals surface area contributed by atoms with Gasteiger partial charge in [0, 0.05) is 35.9 Å². The van der Waals surface area contributed by atoms with Gasteiger partial charge in [0.25, 0.3) is 0 Å². The average molecular weight is 318 g/mol. The molecule has 0 saturated heterocycles. The number of benzene rings is 1. The summed E-state index contributed by atoms with van der Waals surface area (Å²) in [7, 11) is 0. The number of hydrogen-bond donors (Lipinski definition) is 2. The average Bonchev–Trinajstić information content (AvgIpc) is 2.52. The molecule has 22 heavy (non-hydrogen) atoms. The Kier molecular flexibility index (Phi) is 5.39. The molecule has 2 rings (SSSR count). The quantitative estimate of drug-likeness (QED) is 0.886. The van der Waals surface area contributed by atoms with Crippen LogP contribution in [0.3, 0.4) is 0 Å². The van der Waals surface area contributed by atoms with E-state index in [0.29, 0.717) is 18.1 Å². The smallest absolute Gasteiger partial charge is 0.315 e. The van der Waals surface area contributed by atoms with Crippen LogP contribution in [0.5, 0.6) is 0 Å². The van der Waals surface area contributed by atoms with Gasteiger partial charge >= 0.3 is 6.03 Å². The molecule has 2 amide bonds. The zero-order valence-electron chi connectivity index (χ0n) is 12.8. The number of halogens is 1. The van der Waals surface area contributed by atoms with Crippen LogP contribution in [0.4, 0.5) is 4.79 Å². The van der Waals surface area contributed by atoms with E-state index >= 15 is 0 Å². The van der Waals surface area contributed by atoms with Gasteiger partial charge in [-0.2, -0.15) is 0 Å². The Morgan fingerprint density at radius 3 is 2.55 bits per heavy atom. The van der Waals surface area contributed by atoms with Crippen molar-refractivity contribution in [3.05, 3.63) is 64.9 Å². The first-order chi connectivity index (χ1) is 10.5. The van der Waals surface area contributed by atoms with Crippen LogP contribution in [-0.4, -0.2) is 17.6 Å².